The van der Waals surface area contributed by atoms with Crippen LogP contribution in [-0.2, 0) is 0 Å². The summed E-state index contributed by atoms with van der Waals surface area (Å²) in [4.78, 5) is 3.99. The van der Waals surface area contributed by atoms with E-state index in [0.29, 0.717) is 0 Å². The number of aromatic nitrogens is 1. The van der Waals surface area contributed by atoms with Crippen LogP contribution < -0.4 is 0 Å². The number of furan rings is 1. The molecule has 2 aromatic heterocycles. The van der Waals surface area contributed by atoms with Crippen LogP contribution in [0.3, 0.4) is 0 Å². The van der Waals surface area contributed by atoms with Gasteiger partial charge in [0.25, 0.3) is 0 Å². The SMILES string of the molecule is Cc1cncc2occc12. The number of hydrogen-bond acceptors (Lipinski definition) is 2. The second kappa shape index (κ2) is 1.84. The Balaban J connectivity index is 2.95. The van der Waals surface area contributed by atoms with E-state index >= 15 is 0 Å². The summed E-state index contributed by atoms with van der Waals surface area (Å²) < 4.78 is 5.14. The van der Waals surface area contributed by atoms with Crippen molar-refractivity contribution in [1.82, 2.24) is 4.98 Å². The highest BCUT2D eigenvalue weighted by Gasteiger charge is 1.97. The number of pyridine rings is 1. The van der Waals surface area contributed by atoms with Crippen LogP contribution in [0.15, 0.2) is 29.1 Å². The monoisotopic (exact) mass is 133 g/mol. The van der Waals surface area contributed by atoms with E-state index < -0.39 is 0 Å². The first-order valence-corrected chi connectivity index (χ1v) is 3.16. The molecule has 50 valence electrons. The van der Waals surface area contributed by atoms with E-state index in [1.807, 2.05) is 19.2 Å². The summed E-state index contributed by atoms with van der Waals surface area (Å²) in [5.41, 5.74) is 2.02. The lowest BCUT2D eigenvalue weighted by molar-refractivity contribution is 0.614. The number of fused-ring (bicyclic) bond motifs is 1. The van der Waals surface area contributed by atoms with Crippen LogP contribution in [0.2, 0.25) is 0 Å². The molecule has 0 bridgehead atoms. The number of hydrogen-bond donors (Lipinski definition) is 0. The molecule has 0 atom stereocenters. The summed E-state index contributed by atoms with van der Waals surface area (Å²) in [6, 6.07) is 1.95. The molecule has 0 aliphatic carbocycles. The molecule has 2 nitrogen and oxygen atoms in total. The van der Waals surface area contributed by atoms with Crippen molar-refractivity contribution < 1.29 is 4.42 Å². The van der Waals surface area contributed by atoms with Crippen molar-refractivity contribution in [2.75, 3.05) is 0 Å². The van der Waals surface area contributed by atoms with Crippen LogP contribution in [-0.4, -0.2) is 4.98 Å². The van der Waals surface area contributed by atoms with Gasteiger partial charge in [-0.2, -0.15) is 0 Å². The number of rotatable bonds is 0. The Morgan fingerprint density at radius 2 is 2.30 bits per heavy atom. The molecule has 0 amide bonds. The molecule has 0 radical (unpaired) electrons. The molecular weight excluding hydrogens is 126 g/mol. The summed E-state index contributed by atoms with van der Waals surface area (Å²) in [6.45, 7) is 2.02. The third kappa shape index (κ3) is 0.620. The van der Waals surface area contributed by atoms with Gasteiger partial charge >= 0.3 is 0 Å². The first kappa shape index (κ1) is 5.47. The third-order valence-corrected chi connectivity index (χ3v) is 1.58. The molecule has 10 heavy (non-hydrogen) atoms. The molecule has 0 aliphatic heterocycles. The van der Waals surface area contributed by atoms with Crippen molar-refractivity contribution >= 4 is 11.0 Å². The minimum Gasteiger partial charge on any atom is -0.463 e. The van der Waals surface area contributed by atoms with Crippen LogP contribution >= 0.6 is 0 Å². The van der Waals surface area contributed by atoms with Crippen LogP contribution in [0, 0.1) is 6.92 Å². The molecule has 0 aromatic carbocycles. The van der Waals surface area contributed by atoms with Crippen molar-refractivity contribution in [3.05, 3.63) is 30.3 Å². The summed E-state index contributed by atoms with van der Waals surface area (Å²) in [7, 11) is 0. The third-order valence-electron chi connectivity index (χ3n) is 1.58. The van der Waals surface area contributed by atoms with E-state index in [1.165, 1.54) is 0 Å². The van der Waals surface area contributed by atoms with Gasteiger partial charge in [0.1, 0.15) is 0 Å². The van der Waals surface area contributed by atoms with E-state index in [0.717, 1.165) is 16.5 Å². The molecule has 0 saturated heterocycles. The van der Waals surface area contributed by atoms with E-state index in [1.54, 1.807) is 12.5 Å². The molecular formula is C8H7NO. The predicted octanol–water partition coefficient (Wildman–Crippen LogP) is 2.14. The maximum absolute atomic E-state index is 5.14. The van der Waals surface area contributed by atoms with E-state index in [4.69, 9.17) is 4.42 Å². The Hall–Kier alpha value is -1.31. The fourth-order valence-electron chi connectivity index (χ4n) is 1.03. The zero-order valence-electron chi connectivity index (χ0n) is 5.66. The van der Waals surface area contributed by atoms with Gasteiger partial charge in [-0.15, -0.1) is 0 Å². The second-order valence-corrected chi connectivity index (χ2v) is 2.29. The van der Waals surface area contributed by atoms with Crippen molar-refractivity contribution in [2.45, 2.75) is 6.92 Å². The standard InChI is InChI=1S/C8H7NO/c1-6-4-9-5-8-7(6)2-3-10-8/h2-5H,1H3. The van der Waals surface area contributed by atoms with E-state index in [9.17, 15) is 0 Å². The van der Waals surface area contributed by atoms with Crippen molar-refractivity contribution in [1.29, 1.82) is 0 Å². The van der Waals surface area contributed by atoms with Crippen molar-refractivity contribution in [2.24, 2.45) is 0 Å². The molecule has 0 unspecified atom stereocenters. The van der Waals surface area contributed by atoms with E-state index in [2.05, 4.69) is 4.98 Å². The van der Waals surface area contributed by atoms with Crippen LogP contribution in [0.5, 0.6) is 0 Å². The second-order valence-electron chi connectivity index (χ2n) is 2.29. The number of aryl methyl sites for hydroxylation is 1. The maximum Gasteiger partial charge on any atom is 0.152 e. The molecule has 0 N–H and O–H groups in total. The highest BCUT2D eigenvalue weighted by Crippen LogP contribution is 2.16. The lowest BCUT2D eigenvalue weighted by atomic mass is 10.2. The molecule has 2 aromatic rings. The molecule has 0 aliphatic rings. The van der Waals surface area contributed by atoms with Crippen LogP contribution in [0.1, 0.15) is 5.56 Å². The van der Waals surface area contributed by atoms with Gasteiger partial charge in [0.2, 0.25) is 0 Å². The maximum atomic E-state index is 5.14. The Morgan fingerprint density at radius 3 is 3.10 bits per heavy atom. The largest absolute Gasteiger partial charge is 0.463 e. The van der Waals surface area contributed by atoms with Crippen LogP contribution in [0.25, 0.3) is 11.0 Å². The lowest BCUT2D eigenvalue weighted by Gasteiger charge is -1.89. The molecule has 0 spiro atoms. The normalized spacial score (nSPS) is 10.5. The fourth-order valence-corrected chi connectivity index (χ4v) is 1.03. The first-order chi connectivity index (χ1) is 4.88. The highest BCUT2D eigenvalue weighted by atomic mass is 16.3. The zero-order chi connectivity index (χ0) is 6.97. The fraction of sp³-hybridized carbons (Fsp3) is 0.125. The minimum absolute atomic E-state index is 0.861. The lowest BCUT2D eigenvalue weighted by Crippen LogP contribution is -1.74. The van der Waals surface area contributed by atoms with Gasteiger partial charge < -0.3 is 4.42 Å². The van der Waals surface area contributed by atoms with Gasteiger partial charge in [0.15, 0.2) is 5.58 Å². The predicted molar refractivity (Wildman–Crippen MR) is 38.7 cm³/mol. The summed E-state index contributed by atoms with van der Waals surface area (Å²) in [6.07, 6.45) is 5.24. The Labute approximate surface area is 58.5 Å². The molecule has 0 saturated carbocycles. The average molecular weight is 133 g/mol. The highest BCUT2D eigenvalue weighted by molar-refractivity contribution is 5.79. The van der Waals surface area contributed by atoms with Gasteiger partial charge in [-0.25, -0.2) is 0 Å². The Bertz CT molecular complexity index is 351. The van der Waals surface area contributed by atoms with Crippen molar-refractivity contribution in [3.8, 4) is 0 Å². The van der Waals surface area contributed by atoms with Gasteiger partial charge in [0, 0.05) is 11.6 Å². The van der Waals surface area contributed by atoms with Gasteiger partial charge in [0.05, 0.1) is 12.5 Å². The smallest absolute Gasteiger partial charge is 0.152 e. The van der Waals surface area contributed by atoms with E-state index in [-0.39, 0.29) is 0 Å². The van der Waals surface area contributed by atoms with Crippen LogP contribution in [0.4, 0.5) is 0 Å². The minimum atomic E-state index is 0.861. The Kier molecular flexibility index (Phi) is 1.01. The Morgan fingerprint density at radius 1 is 1.40 bits per heavy atom. The summed E-state index contributed by atoms with van der Waals surface area (Å²) in [5, 5.41) is 1.15. The quantitative estimate of drug-likeness (QED) is 0.550. The zero-order valence-corrected chi connectivity index (χ0v) is 5.66. The molecule has 0 fully saturated rings. The van der Waals surface area contributed by atoms with Gasteiger partial charge in [-0.3, -0.25) is 4.98 Å². The van der Waals surface area contributed by atoms with Gasteiger partial charge in [-0.1, -0.05) is 0 Å². The molecule has 2 heterocycles. The number of nitrogens with zero attached hydrogens (tertiary/aromatic N) is 1. The molecule has 2 heteroatoms. The van der Waals surface area contributed by atoms with Crippen molar-refractivity contribution in [3.63, 3.8) is 0 Å². The summed E-state index contributed by atoms with van der Waals surface area (Å²) >= 11 is 0. The van der Waals surface area contributed by atoms with Gasteiger partial charge in [-0.05, 0) is 18.6 Å². The average Bonchev–Trinajstić information content (AvgIpc) is 2.36. The topological polar surface area (TPSA) is 26.0 Å². The first-order valence-electron chi connectivity index (χ1n) is 3.16. The molecule has 2 rings (SSSR count). The summed E-state index contributed by atoms with van der Waals surface area (Å²) in [5.74, 6) is 0.